The maximum atomic E-state index is 11.1. The molecule has 1 aromatic rings. The highest BCUT2D eigenvalue weighted by Crippen LogP contribution is 2.22. The molecule has 9 nitrogen and oxygen atoms in total. The van der Waals surface area contributed by atoms with E-state index in [4.69, 9.17) is 5.84 Å². The summed E-state index contributed by atoms with van der Waals surface area (Å²) in [5.74, 6) is 5.59. The molecule has 0 aliphatic carbocycles. The van der Waals surface area contributed by atoms with Gasteiger partial charge in [-0.05, 0) is 6.92 Å². The van der Waals surface area contributed by atoms with Gasteiger partial charge < -0.3 is 5.32 Å². The molecule has 1 aromatic heterocycles. The lowest BCUT2D eigenvalue weighted by Crippen LogP contribution is -2.24. The summed E-state index contributed by atoms with van der Waals surface area (Å²) in [6.45, 7) is 1.75. The zero-order valence-electron chi connectivity index (χ0n) is 9.91. The number of nitrogens with zero attached hydrogens (tertiary/aromatic N) is 3. The van der Waals surface area contributed by atoms with Crippen LogP contribution in [0.25, 0.3) is 0 Å². The van der Waals surface area contributed by atoms with E-state index in [1.165, 1.54) is 0 Å². The van der Waals surface area contributed by atoms with Crippen LogP contribution in [0.5, 0.6) is 0 Å². The topological polar surface area (TPSA) is 136 Å². The van der Waals surface area contributed by atoms with Crippen molar-refractivity contribution in [2.24, 2.45) is 5.84 Å². The summed E-state index contributed by atoms with van der Waals surface area (Å²) < 4.78 is 11.1. The van der Waals surface area contributed by atoms with Crippen molar-refractivity contribution in [3.8, 4) is 0 Å². The Morgan fingerprint density at radius 2 is 2.33 bits per heavy atom. The predicted octanol–water partition coefficient (Wildman–Crippen LogP) is -0.151. The number of rotatable bonds is 6. The van der Waals surface area contributed by atoms with Crippen molar-refractivity contribution in [1.82, 2.24) is 9.97 Å². The number of nitrogens with one attached hydrogen (secondary N) is 2. The first-order valence-corrected chi connectivity index (χ1v) is 6.71. The standard InChI is InChI=1S/C8H14N6O3S/c1-5(4-18(2)17)11-7-6(14(15)16)3-10-8(12-7)13-9/h3,5H,4,9H2,1-2H3,(H2,10,11,12,13). The molecular formula is C8H14N6O3S. The van der Waals surface area contributed by atoms with Gasteiger partial charge in [0.1, 0.15) is 6.20 Å². The molecule has 0 spiro atoms. The average Bonchev–Trinajstić information content (AvgIpc) is 2.27. The quantitative estimate of drug-likeness (QED) is 0.370. The molecule has 1 heterocycles. The molecule has 0 aliphatic rings. The largest absolute Gasteiger partial charge is 0.361 e. The van der Waals surface area contributed by atoms with Gasteiger partial charge in [0, 0.05) is 28.9 Å². The fraction of sp³-hybridized carbons (Fsp3) is 0.500. The fourth-order valence-corrected chi connectivity index (χ4v) is 2.10. The smallest absolute Gasteiger partial charge is 0.329 e. The van der Waals surface area contributed by atoms with Crippen LogP contribution in [0.15, 0.2) is 6.20 Å². The molecule has 0 fully saturated rings. The third-order valence-electron chi connectivity index (χ3n) is 1.96. The van der Waals surface area contributed by atoms with Gasteiger partial charge >= 0.3 is 5.69 Å². The first-order valence-electron chi connectivity index (χ1n) is 4.98. The molecule has 2 unspecified atom stereocenters. The molecule has 0 bridgehead atoms. The van der Waals surface area contributed by atoms with Crippen molar-refractivity contribution < 1.29 is 9.13 Å². The Bertz CT molecular complexity index is 468. The van der Waals surface area contributed by atoms with Crippen LogP contribution >= 0.6 is 0 Å². The lowest BCUT2D eigenvalue weighted by atomic mass is 10.3. The van der Waals surface area contributed by atoms with Crippen LogP contribution in [0, 0.1) is 10.1 Å². The monoisotopic (exact) mass is 274 g/mol. The summed E-state index contributed by atoms with van der Waals surface area (Å²) in [5, 5.41) is 13.6. The third-order valence-corrected chi connectivity index (χ3v) is 2.93. The number of aromatic nitrogens is 2. The maximum Gasteiger partial charge on any atom is 0.329 e. The molecule has 0 radical (unpaired) electrons. The summed E-state index contributed by atoms with van der Waals surface area (Å²) in [6.07, 6.45) is 2.61. The molecule has 4 N–H and O–H groups in total. The average molecular weight is 274 g/mol. The van der Waals surface area contributed by atoms with E-state index in [9.17, 15) is 14.3 Å². The predicted molar refractivity (Wildman–Crippen MR) is 68.5 cm³/mol. The second-order valence-electron chi connectivity index (χ2n) is 3.61. The molecule has 0 aromatic carbocycles. The van der Waals surface area contributed by atoms with Gasteiger partial charge in [0.2, 0.25) is 11.8 Å². The zero-order valence-corrected chi connectivity index (χ0v) is 10.7. The van der Waals surface area contributed by atoms with E-state index in [2.05, 4.69) is 20.7 Å². The van der Waals surface area contributed by atoms with Crippen molar-refractivity contribution in [2.45, 2.75) is 13.0 Å². The Balaban J connectivity index is 2.96. The summed E-state index contributed by atoms with van der Waals surface area (Å²) in [6, 6.07) is -0.227. The van der Waals surface area contributed by atoms with Crippen LogP contribution in [0.4, 0.5) is 17.5 Å². The van der Waals surface area contributed by atoms with E-state index in [1.807, 2.05) is 0 Å². The van der Waals surface area contributed by atoms with Gasteiger partial charge in [-0.1, -0.05) is 0 Å². The van der Waals surface area contributed by atoms with E-state index in [-0.39, 0.29) is 23.5 Å². The Kier molecular flexibility index (Phi) is 4.92. The molecular weight excluding hydrogens is 260 g/mol. The number of nitrogen functional groups attached to an aromatic ring is 1. The fourth-order valence-electron chi connectivity index (χ4n) is 1.31. The lowest BCUT2D eigenvalue weighted by molar-refractivity contribution is -0.384. The Hall–Kier alpha value is -1.81. The number of hydrogen-bond donors (Lipinski definition) is 3. The molecule has 0 saturated heterocycles. The van der Waals surface area contributed by atoms with Crippen LogP contribution in [0.3, 0.4) is 0 Å². The first kappa shape index (κ1) is 14.3. The van der Waals surface area contributed by atoms with Crippen molar-refractivity contribution in [1.29, 1.82) is 0 Å². The SMILES string of the molecule is CC(CS(C)=O)Nc1nc(NN)ncc1[N+](=O)[O-]. The van der Waals surface area contributed by atoms with Gasteiger partial charge in [-0.3, -0.25) is 19.7 Å². The molecule has 0 aliphatic heterocycles. The minimum Gasteiger partial charge on any atom is -0.361 e. The molecule has 0 saturated carbocycles. The minimum atomic E-state index is -1.01. The van der Waals surface area contributed by atoms with Crippen molar-refractivity contribution in [2.75, 3.05) is 22.8 Å². The van der Waals surface area contributed by atoms with Crippen LogP contribution in [-0.4, -0.2) is 37.2 Å². The molecule has 0 amide bonds. The van der Waals surface area contributed by atoms with Crippen molar-refractivity contribution in [3.05, 3.63) is 16.3 Å². The Labute approximate surface area is 106 Å². The summed E-state index contributed by atoms with van der Waals surface area (Å²) >= 11 is 0. The van der Waals surface area contributed by atoms with Gasteiger partial charge in [0.05, 0.1) is 4.92 Å². The Morgan fingerprint density at radius 3 is 2.83 bits per heavy atom. The van der Waals surface area contributed by atoms with Crippen LogP contribution < -0.4 is 16.6 Å². The number of nitro groups is 1. The normalized spacial score (nSPS) is 13.7. The number of nitrogens with two attached hydrogens (primary N) is 1. The highest BCUT2D eigenvalue weighted by atomic mass is 32.2. The number of hydrazine groups is 1. The maximum absolute atomic E-state index is 11.1. The van der Waals surface area contributed by atoms with Gasteiger partial charge in [-0.25, -0.2) is 10.8 Å². The second kappa shape index (κ2) is 6.21. The third kappa shape index (κ3) is 3.89. The van der Waals surface area contributed by atoms with E-state index in [0.29, 0.717) is 5.75 Å². The molecule has 1 rings (SSSR count). The highest BCUT2D eigenvalue weighted by molar-refractivity contribution is 7.84. The molecule has 100 valence electrons. The lowest BCUT2D eigenvalue weighted by Gasteiger charge is -2.13. The van der Waals surface area contributed by atoms with Crippen molar-refractivity contribution >= 4 is 28.3 Å². The van der Waals surface area contributed by atoms with Crippen LogP contribution in [-0.2, 0) is 10.8 Å². The first-order chi connectivity index (χ1) is 8.43. The second-order valence-corrected chi connectivity index (χ2v) is 5.09. The minimum absolute atomic E-state index is 0.0425. The zero-order chi connectivity index (χ0) is 13.7. The molecule has 18 heavy (non-hydrogen) atoms. The summed E-state index contributed by atoms with van der Waals surface area (Å²) in [4.78, 5) is 17.7. The van der Waals surface area contributed by atoms with E-state index in [1.54, 1.807) is 13.2 Å². The summed E-state index contributed by atoms with van der Waals surface area (Å²) in [7, 11) is -1.01. The number of hydrogen-bond acceptors (Lipinski definition) is 8. The molecule has 10 heteroatoms. The van der Waals surface area contributed by atoms with E-state index in [0.717, 1.165) is 6.20 Å². The van der Waals surface area contributed by atoms with E-state index >= 15 is 0 Å². The number of anilines is 2. The summed E-state index contributed by atoms with van der Waals surface area (Å²) in [5.41, 5.74) is 1.94. The van der Waals surface area contributed by atoms with E-state index < -0.39 is 15.7 Å². The van der Waals surface area contributed by atoms with Gasteiger partial charge in [0.15, 0.2) is 0 Å². The van der Waals surface area contributed by atoms with Crippen LogP contribution in [0.2, 0.25) is 0 Å². The van der Waals surface area contributed by atoms with Crippen molar-refractivity contribution in [3.63, 3.8) is 0 Å². The van der Waals surface area contributed by atoms with Gasteiger partial charge in [-0.15, -0.1) is 0 Å². The van der Waals surface area contributed by atoms with Gasteiger partial charge in [0.25, 0.3) is 0 Å². The Morgan fingerprint density at radius 1 is 1.67 bits per heavy atom. The highest BCUT2D eigenvalue weighted by Gasteiger charge is 2.19. The molecule has 2 atom stereocenters. The van der Waals surface area contributed by atoms with Gasteiger partial charge in [-0.2, -0.15) is 4.98 Å². The van der Waals surface area contributed by atoms with Crippen LogP contribution in [0.1, 0.15) is 6.92 Å².